The smallest absolute Gasteiger partial charge is 0.350 e. The number of nitrogens with one attached hydrogen (secondary N) is 2. The molecular weight excluding hydrogens is 266 g/mol. The Balaban J connectivity index is 1.76. The van der Waals surface area contributed by atoms with E-state index in [4.69, 9.17) is 0 Å². The van der Waals surface area contributed by atoms with E-state index in [0.29, 0.717) is 28.8 Å². The molecule has 0 saturated heterocycles. The molecule has 1 aromatic heterocycles. The predicted molar refractivity (Wildman–Crippen MR) is 72.4 cm³/mol. The lowest BCUT2D eigenvalue weighted by molar-refractivity contribution is -0.122. The number of hydrogen-bond acceptors (Lipinski definition) is 6. The first-order valence-electron chi connectivity index (χ1n) is 6.19. The number of carbonyl (C=O) groups excluding carboxylic acids is 2. The van der Waals surface area contributed by atoms with Crippen LogP contribution in [0.1, 0.15) is 28.2 Å². The highest BCUT2D eigenvalue weighted by Crippen LogP contribution is 2.28. The quantitative estimate of drug-likeness (QED) is 0.605. The minimum atomic E-state index is -0.370. The summed E-state index contributed by atoms with van der Waals surface area (Å²) in [6, 6.07) is 0. The van der Waals surface area contributed by atoms with Crippen molar-refractivity contribution in [3.63, 3.8) is 0 Å². The molecule has 0 spiro atoms. The minimum absolute atomic E-state index is 0.132. The average Bonchev–Trinajstić information content (AvgIpc) is 3.18. The average molecular weight is 283 g/mol. The summed E-state index contributed by atoms with van der Waals surface area (Å²) in [7, 11) is 1.35. The van der Waals surface area contributed by atoms with Gasteiger partial charge in [0.05, 0.1) is 12.8 Å². The fourth-order valence-corrected chi connectivity index (χ4v) is 2.51. The van der Waals surface area contributed by atoms with Crippen molar-refractivity contribution >= 4 is 28.3 Å². The van der Waals surface area contributed by atoms with Gasteiger partial charge in [0.15, 0.2) is 5.13 Å². The first kappa shape index (κ1) is 13.8. The molecule has 1 saturated carbocycles. The van der Waals surface area contributed by atoms with Gasteiger partial charge in [0.1, 0.15) is 4.88 Å². The van der Waals surface area contributed by atoms with Gasteiger partial charge in [0.25, 0.3) is 0 Å². The van der Waals surface area contributed by atoms with Crippen LogP contribution in [0.2, 0.25) is 0 Å². The fraction of sp³-hybridized carbons (Fsp3) is 0.583. The number of esters is 1. The van der Waals surface area contributed by atoms with Crippen LogP contribution in [0.3, 0.4) is 0 Å². The zero-order valence-electron chi connectivity index (χ0n) is 11.0. The van der Waals surface area contributed by atoms with Crippen LogP contribution in [0.4, 0.5) is 5.13 Å². The third-order valence-electron chi connectivity index (χ3n) is 2.82. The Hall–Kier alpha value is -1.63. The van der Waals surface area contributed by atoms with Crippen LogP contribution in [-0.2, 0) is 9.53 Å². The van der Waals surface area contributed by atoms with E-state index in [-0.39, 0.29) is 17.8 Å². The molecule has 0 bridgehead atoms. The van der Waals surface area contributed by atoms with E-state index in [0.717, 1.165) is 12.8 Å². The first-order chi connectivity index (χ1) is 9.11. The van der Waals surface area contributed by atoms with Gasteiger partial charge in [0.2, 0.25) is 5.91 Å². The van der Waals surface area contributed by atoms with E-state index >= 15 is 0 Å². The summed E-state index contributed by atoms with van der Waals surface area (Å²) >= 11 is 1.26. The van der Waals surface area contributed by atoms with Gasteiger partial charge in [-0.25, -0.2) is 9.78 Å². The maximum Gasteiger partial charge on any atom is 0.350 e. The first-order valence-corrected chi connectivity index (χ1v) is 7.00. The minimum Gasteiger partial charge on any atom is -0.465 e. The van der Waals surface area contributed by atoms with E-state index in [1.807, 2.05) is 0 Å². The molecular formula is C12H17N3O3S. The van der Waals surface area contributed by atoms with Gasteiger partial charge in [-0.05, 0) is 19.8 Å². The number of ether oxygens (including phenoxy) is 1. The molecule has 0 unspecified atom stereocenters. The number of aromatic nitrogens is 1. The molecule has 0 aromatic carbocycles. The van der Waals surface area contributed by atoms with Crippen LogP contribution in [0.5, 0.6) is 0 Å². The Morgan fingerprint density at radius 1 is 1.42 bits per heavy atom. The van der Waals surface area contributed by atoms with Crippen LogP contribution in [0.15, 0.2) is 0 Å². The van der Waals surface area contributed by atoms with Crippen molar-refractivity contribution in [2.75, 3.05) is 25.5 Å². The number of carbonyl (C=O) groups is 2. The molecule has 1 amide bonds. The van der Waals surface area contributed by atoms with Gasteiger partial charge in [-0.2, -0.15) is 0 Å². The lowest BCUT2D eigenvalue weighted by Gasteiger charge is -2.04. The Morgan fingerprint density at radius 2 is 2.16 bits per heavy atom. The van der Waals surface area contributed by atoms with Gasteiger partial charge < -0.3 is 15.4 Å². The normalized spacial score (nSPS) is 14.0. The van der Waals surface area contributed by atoms with Gasteiger partial charge >= 0.3 is 5.97 Å². The topological polar surface area (TPSA) is 80.3 Å². The molecule has 7 heteroatoms. The maximum absolute atomic E-state index is 11.4. The SMILES string of the molecule is COC(=O)c1sc(NCCNC(=O)C2CC2)nc1C. The molecule has 1 fully saturated rings. The molecule has 2 N–H and O–H groups in total. The van der Waals surface area contributed by atoms with Gasteiger partial charge in [-0.1, -0.05) is 11.3 Å². The second kappa shape index (κ2) is 6.01. The standard InChI is InChI=1S/C12H17N3O3S/c1-7-9(11(17)18-2)19-12(15-7)14-6-5-13-10(16)8-3-4-8/h8H,3-6H2,1-2H3,(H,13,16)(H,14,15). The number of thiazole rings is 1. The van der Waals surface area contributed by atoms with E-state index in [9.17, 15) is 9.59 Å². The number of hydrogen-bond donors (Lipinski definition) is 2. The lowest BCUT2D eigenvalue weighted by atomic mass is 10.4. The molecule has 0 aliphatic heterocycles. The Labute approximate surface area is 115 Å². The Morgan fingerprint density at radius 3 is 2.79 bits per heavy atom. The van der Waals surface area contributed by atoms with Crippen LogP contribution < -0.4 is 10.6 Å². The van der Waals surface area contributed by atoms with Crippen molar-refractivity contribution in [3.8, 4) is 0 Å². The van der Waals surface area contributed by atoms with E-state index in [2.05, 4.69) is 20.4 Å². The lowest BCUT2D eigenvalue weighted by Crippen LogP contribution is -2.29. The zero-order chi connectivity index (χ0) is 13.8. The Bertz CT molecular complexity index is 483. The molecule has 0 atom stereocenters. The summed E-state index contributed by atoms with van der Waals surface area (Å²) in [5, 5.41) is 6.60. The summed E-state index contributed by atoms with van der Waals surface area (Å²) in [5.74, 6) is -0.00881. The van der Waals surface area contributed by atoms with Crippen LogP contribution in [-0.4, -0.2) is 37.1 Å². The van der Waals surface area contributed by atoms with Crippen LogP contribution >= 0.6 is 11.3 Å². The monoisotopic (exact) mass is 283 g/mol. The molecule has 19 heavy (non-hydrogen) atoms. The zero-order valence-corrected chi connectivity index (χ0v) is 11.8. The highest BCUT2D eigenvalue weighted by molar-refractivity contribution is 7.17. The molecule has 0 radical (unpaired) electrons. The van der Waals surface area contributed by atoms with E-state index in [1.54, 1.807) is 6.92 Å². The third kappa shape index (κ3) is 3.66. The highest BCUT2D eigenvalue weighted by Gasteiger charge is 2.28. The fourth-order valence-electron chi connectivity index (χ4n) is 1.60. The summed E-state index contributed by atoms with van der Waals surface area (Å²) in [5.41, 5.74) is 0.654. The molecule has 6 nitrogen and oxygen atoms in total. The third-order valence-corrected chi connectivity index (χ3v) is 3.91. The second-order valence-electron chi connectivity index (χ2n) is 4.42. The van der Waals surface area contributed by atoms with Crippen molar-refractivity contribution in [2.45, 2.75) is 19.8 Å². The summed E-state index contributed by atoms with van der Waals surface area (Å²) in [6.07, 6.45) is 2.01. The van der Waals surface area contributed by atoms with Crippen molar-refractivity contribution in [3.05, 3.63) is 10.6 Å². The van der Waals surface area contributed by atoms with Gasteiger partial charge in [-0.3, -0.25) is 4.79 Å². The van der Waals surface area contributed by atoms with Crippen molar-refractivity contribution in [2.24, 2.45) is 5.92 Å². The molecule has 104 valence electrons. The molecule has 2 rings (SSSR count). The van der Waals surface area contributed by atoms with E-state index < -0.39 is 0 Å². The number of anilines is 1. The maximum atomic E-state index is 11.4. The molecule has 1 aliphatic carbocycles. The van der Waals surface area contributed by atoms with Crippen LogP contribution in [0.25, 0.3) is 0 Å². The summed E-state index contributed by atoms with van der Waals surface area (Å²) < 4.78 is 4.67. The predicted octanol–water partition coefficient (Wildman–Crippen LogP) is 1.18. The number of amides is 1. The van der Waals surface area contributed by atoms with Crippen molar-refractivity contribution in [1.29, 1.82) is 0 Å². The highest BCUT2D eigenvalue weighted by atomic mass is 32.1. The van der Waals surface area contributed by atoms with E-state index in [1.165, 1.54) is 18.4 Å². The van der Waals surface area contributed by atoms with Gasteiger partial charge in [0, 0.05) is 19.0 Å². The van der Waals surface area contributed by atoms with Crippen molar-refractivity contribution in [1.82, 2.24) is 10.3 Å². The number of nitrogens with zero attached hydrogens (tertiary/aromatic N) is 1. The molecule has 1 aliphatic rings. The van der Waals surface area contributed by atoms with Crippen LogP contribution in [0, 0.1) is 12.8 Å². The second-order valence-corrected chi connectivity index (χ2v) is 5.42. The molecule has 1 aromatic rings. The largest absolute Gasteiger partial charge is 0.465 e. The summed E-state index contributed by atoms with van der Waals surface area (Å²) in [6.45, 7) is 2.91. The van der Waals surface area contributed by atoms with Crippen molar-refractivity contribution < 1.29 is 14.3 Å². The number of aryl methyl sites for hydroxylation is 1. The van der Waals surface area contributed by atoms with Gasteiger partial charge in [-0.15, -0.1) is 0 Å². The number of methoxy groups -OCH3 is 1. The Kier molecular flexibility index (Phi) is 4.36. The molecule has 1 heterocycles. The number of rotatable bonds is 6. The summed E-state index contributed by atoms with van der Waals surface area (Å²) in [4.78, 5) is 27.5.